The third-order valence-corrected chi connectivity index (χ3v) is 5.74. The molecule has 4 rings (SSSR count). The Kier molecular flexibility index (Phi) is 5.87. The Balaban J connectivity index is 1.78. The molecule has 4 atom stereocenters. The van der Waals surface area contributed by atoms with Crippen molar-refractivity contribution in [1.29, 1.82) is 0 Å². The normalized spacial score (nSPS) is 15.7. The lowest BCUT2D eigenvalue weighted by atomic mass is 9.92. The Hall–Kier alpha value is -3.06. The van der Waals surface area contributed by atoms with Crippen LogP contribution in [0.5, 0.6) is 0 Å². The molecule has 0 aliphatic rings. The molecule has 0 saturated carbocycles. The van der Waals surface area contributed by atoms with E-state index in [1.807, 2.05) is 39.8 Å². The summed E-state index contributed by atoms with van der Waals surface area (Å²) in [7, 11) is 0. The Morgan fingerprint density at radius 3 is 1.42 bits per heavy atom. The van der Waals surface area contributed by atoms with Gasteiger partial charge >= 0.3 is 0 Å². The molecule has 31 heavy (non-hydrogen) atoms. The molecule has 0 aliphatic heterocycles. The highest BCUT2D eigenvalue weighted by molar-refractivity contribution is 5.24. The molecule has 7 nitrogen and oxygen atoms in total. The number of oxazole rings is 2. The summed E-state index contributed by atoms with van der Waals surface area (Å²) in [4.78, 5) is 8.94. The van der Waals surface area contributed by atoms with E-state index in [-0.39, 0.29) is 11.8 Å². The van der Waals surface area contributed by atoms with Crippen LogP contribution in [-0.4, -0.2) is 9.97 Å². The number of hydrogen-bond acceptors (Lipinski definition) is 7. The number of aryl methyl sites for hydroxylation is 4. The summed E-state index contributed by atoms with van der Waals surface area (Å²) in [5, 5.41) is 0. The fourth-order valence-corrected chi connectivity index (χ4v) is 4.01. The monoisotopic (exact) mass is 424 g/mol. The van der Waals surface area contributed by atoms with Gasteiger partial charge in [-0.3, -0.25) is 0 Å². The van der Waals surface area contributed by atoms with Crippen LogP contribution in [-0.2, 0) is 4.74 Å². The zero-order valence-corrected chi connectivity index (χ0v) is 18.7. The quantitative estimate of drug-likeness (QED) is 0.319. The van der Waals surface area contributed by atoms with E-state index >= 15 is 0 Å². The zero-order valence-electron chi connectivity index (χ0n) is 18.7. The highest BCUT2D eigenvalue weighted by Gasteiger charge is 2.36. The van der Waals surface area contributed by atoms with Gasteiger partial charge in [0.25, 0.3) is 0 Å². The van der Waals surface area contributed by atoms with Crippen LogP contribution < -0.4 is 0 Å². The van der Waals surface area contributed by atoms with Gasteiger partial charge in [-0.25, -0.2) is 9.97 Å². The van der Waals surface area contributed by atoms with E-state index in [9.17, 15) is 0 Å². The maximum absolute atomic E-state index is 6.83. The van der Waals surface area contributed by atoms with Crippen molar-refractivity contribution in [3.05, 3.63) is 83.0 Å². The maximum atomic E-state index is 6.83. The van der Waals surface area contributed by atoms with E-state index in [1.54, 1.807) is 25.1 Å². The molecule has 0 aliphatic carbocycles. The molecule has 164 valence electrons. The van der Waals surface area contributed by atoms with Gasteiger partial charge in [0.05, 0.1) is 36.4 Å². The second-order valence-electron chi connectivity index (χ2n) is 8.03. The van der Waals surface area contributed by atoms with Crippen molar-refractivity contribution in [2.45, 2.75) is 65.6 Å². The van der Waals surface area contributed by atoms with Crippen LogP contribution in [0.1, 0.15) is 83.7 Å². The fourth-order valence-electron chi connectivity index (χ4n) is 4.01. The first-order valence-electron chi connectivity index (χ1n) is 10.4. The summed E-state index contributed by atoms with van der Waals surface area (Å²) in [6.07, 6.45) is 5.97. The van der Waals surface area contributed by atoms with E-state index in [4.69, 9.17) is 22.4 Å². The second-order valence-corrected chi connectivity index (χ2v) is 8.03. The first-order chi connectivity index (χ1) is 14.8. The topological polar surface area (TPSA) is 87.6 Å². The van der Waals surface area contributed by atoms with Crippen molar-refractivity contribution >= 4 is 0 Å². The standard InChI is InChI=1S/C24H28N2O5/c1-13(19-7-9-27-11-19)21(23-15(3)25-17(5)29-23)31-22(14(2)20-8-10-28-12-20)24-16(4)26-18(6)30-24/h7-14,21-22H,1-6H3. The lowest BCUT2D eigenvalue weighted by molar-refractivity contribution is -0.0592. The largest absolute Gasteiger partial charge is 0.472 e. The Morgan fingerprint density at radius 1 is 0.710 bits per heavy atom. The number of furan rings is 2. The first kappa shape index (κ1) is 21.2. The number of aromatic nitrogens is 2. The van der Waals surface area contributed by atoms with E-state index < -0.39 is 12.2 Å². The predicted molar refractivity (Wildman–Crippen MR) is 113 cm³/mol. The molecule has 4 unspecified atom stereocenters. The summed E-state index contributed by atoms with van der Waals surface area (Å²) in [5.74, 6) is 2.51. The zero-order chi connectivity index (χ0) is 22.1. The summed E-state index contributed by atoms with van der Waals surface area (Å²) < 4.78 is 29.5. The van der Waals surface area contributed by atoms with Crippen molar-refractivity contribution < 1.29 is 22.4 Å². The van der Waals surface area contributed by atoms with Crippen molar-refractivity contribution in [3.63, 3.8) is 0 Å². The molecule has 0 N–H and O–H groups in total. The number of hydrogen-bond donors (Lipinski definition) is 0. The minimum Gasteiger partial charge on any atom is -0.472 e. The van der Waals surface area contributed by atoms with Gasteiger partial charge in [0.1, 0.15) is 12.2 Å². The molecule has 0 spiro atoms. The van der Waals surface area contributed by atoms with Crippen molar-refractivity contribution in [2.24, 2.45) is 0 Å². The van der Waals surface area contributed by atoms with Crippen LogP contribution in [0.25, 0.3) is 0 Å². The average Bonchev–Trinajstić information content (AvgIpc) is 3.51. The minimum atomic E-state index is -0.414. The number of ether oxygens (including phenoxy) is 1. The van der Waals surface area contributed by atoms with Crippen molar-refractivity contribution in [2.75, 3.05) is 0 Å². The lowest BCUT2D eigenvalue weighted by Crippen LogP contribution is -2.20. The molecule has 0 saturated heterocycles. The van der Waals surface area contributed by atoms with Crippen LogP contribution in [0.4, 0.5) is 0 Å². The Bertz CT molecular complexity index is 1020. The average molecular weight is 424 g/mol. The van der Waals surface area contributed by atoms with Gasteiger partial charge in [-0.1, -0.05) is 13.8 Å². The molecule has 0 aromatic carbocycles. The highest BCUT2D eigenvalue weighted by atomic mass is 16.5. The Labute approximate surface area is 181 Å². The van der Waals surface area contributed by atoms with Crippen LogP contribution in [0.15, 0.2) is 54.9 Å². The summed E-state index contributed by atoms with van der Waals surface area (Å²) >= 11 is 0. The van der Waals surface area contributed by atoms with Gasteiger partial charge in [-0.2, -0.15) is 0 Å². The lowest BCUT2D eigenvalue weighted by Gasteiger charge is -2.30. The van der Waals surface area contributed by atoms with Crippen LogP contribution in [0.3, 0.4) is 0 Å². The molecule has 0 radical (unpaired) electrons. The third kappa shape index (κ3) is 4.23. The highest BCUT2D eigenvalue weighted by Crippen LogP contribution is 2.44. The molecular weight excluding hydrogens is 396 g/mol. The van der Waals surface area contributed by atoms with Gasteiger partial charge in [-0.05, 0) is 37.1 Å². The number of nitrogens with zero attached hydrogens (tertiary/aromatic N) is 2. The van der Waals surface area contributed by atoms with Gasteiger partial charge in [-0.15, -0.1) is 0 Å². The molecular formula is C24H28N2O5. The molecule has 4 aromatic heterocycles. The maximum Gasteiger partial charge on any atom is 0.191 e. The van der Waals surface area contributed by atoms with E-state index in [1.165, 1.54) is 0 Å². The van der Waals surface area contributed by atoms with Crippen molar-refractivity contribution in [3.8, 4) is 0 Å². The molecule has 7 heteroatoms. The van der Waals surface area contributed by atoms with Crippen LogP contribution >= 0.6 is 0 Å². The van der Waals surface area contributed by atoms with Gasteiger partial charge in [0, 0.05) is 25.7 Å². The predicted octanol–water partition coefficient (Wildman–Crippen LogP) is 6.49. The Morgan fingerprint density at radius 2 is 1.13 bits per heavy atom. The molecule has 0 fully saturated rings. The third-order valence-electron chi connectivity index (χ3n) is 5.74. The van der Waals surface area contributed by atoms with E-state index in [0.717, 1.165) is 22.5 Å². The van der Waals surface area contributed by atoms with Gasteiger partial charge in [0.2, 0.25) is 0 Å². The smallest absolute Gasteiger partial charge is 0.191 e. The molecule has 0 bridgehead atoms. The van der Waals surface area contributed by atoms with Crippen LogP contribution in [0.2, 0.25) is 0 Å². The molecule has 0 amide bonds. The first-order valence-corrected chi connectivity index (χ1v) is 10.4. The minimum absolute atomic E-state index is 0.0480. The summed E-state index contributed by atoms with van der Waals surface area (Å²) in [5.41, 5.74) is 3.63. The van der Waals surface area contributed by atoms with Gasteiger partial charge in [0.15, 0.2) is 23.3 Å². The van der Waals surface area contributed by atoms with E-state index in [0.29, 0.717) is 23.3 Å². The fraction of sp³-hybridized carbons (Fsp3) is 0.417. The van der Waals surface area contributed by atoms with Gasteiger partial charge < -0.3 is 22.4 Å². The van der Waals surface area contributed by atoms with Crippen LogP contribution in [0, 0.1) is 27.7 Å². The summed E-state index contributed by atoms with van der Waals surface area (Å²) in [6.45, 7) is 11.7. The molecule has 4 aromatic rings. The summed E-state index contributed by atoms with van der Waals surface area (Å²) in [6, 6.07) is 3.88. The second kappa shape index (κ2) is 8.59. The van der Waals surface area contributed by atoms with Crippen molar-refractivity contribution in [1.82, 2.24) is 9.97 Å². The van der Waals surface area contributed by atoms with E-state index in [2.05, 4.69) is 23.8 Å². The SMILES string of the molecule is Cc1nc(C)c(C(OC(c2oc(C)nc2C)C(C)c2ccoc2)C(C)c2ccoc2)o1. The number of rotatable bonds is 8. The molecule has 4 heterocycles.